The van der Waals surface area contributed by atoms with Crippen molar-refractivity contribution in [2.75, 3.05) is 11.4 Å². The van der Waals surface area contributed by atoms with Gasteiger partial charge < -0.3 is 16.0 Å². The maximum Gasteiger partial charge on any atom is 0.312 e. The average molecular weight is 276 g/mol. The van der Waals surface area contributed by atoms with Crippen LogP contribution in [0.25, 0.3) is 0 Å². The van der Waals surface area contributed by atoms with Gasteiger partial charge in [-0.05, 0) is 17.5 Å². The van der Waals surface area contributed by atoms with Crippen LogP contribution in [0, 0.1) is 5.41 Å². The molecule has 0 aromatic carbocycles. The third kappa shape index (κ3) is 2.74. The Morgan fingerprint density at radius 1 is 1.45 bits per heavy atom. The minimum Gasteiger partial charge on any atom is -0.352 e. The first kappa shape index (κ1) is 14.3. The van der Waals surface area contributed by atoms with Crippen molar-refractivity contribution in [3.63, 3.8) is 0 Å². The molecule has 1 aliphatic heterocycles. The SMILES string of the molecule is CC(C)(C)C(NC(N)=O)C(=O)N1CCc2ncccc21. The number of fused-ring (bicyclic) bond motifs is 1. The van der Waals surface area contributed by atoms with E-state index in [2.05, 4.69) is 10.3 Å². The van der Waals surface area contributed by atoms with E-state index < -0.39 is 17.5 Å². The van der Waals surface area contributed by atoms with Gasteiger partial charge in [-0.15, -0.1) is 0 Å². The van der Waals surface area contributed by atoms with Crippen molar-refractivity contribution in [2.45, 2.75) is 33.2 Å². The first-order chi connectivity index (χ1) is 9.30. The number of nitrogens with one attached hydrogen (secondary N) is 1. The number of primary amides is 1. The van der Waals surface area contributed by atoms with Crippen LogP contribution < -0.4 is 16.0 Å². The lowest BCUT2D eigenvalue weighted by molar-refractivity contribution is -0.122. The molecule has 2 heterocycles. The van der Waals surface area contributed by atoms with E-state index in [9.17, 15) is 9.59 Å². The Labute approximate surface area is 118 Å². The monoisotopic (exact) mass is 276 g/mol. The van der Waals surface area contributed by atoms with Crippen molar-refractivity contribution in [1.82, 2.24) is 10.3 Å². The molecule has 0 fully saturated rings. The Hall–Kier alpha value is -2.11. The van der Waals surface area contributed by atoms with Crippen molar-refractivity contribution in [2.24, 2.45) is 11.1 Å². The van der Waals surface area contributed by atoms with Crippen LogP contribution >= 0.6 is 0 Å². The first-order valence-electron chi connectivity index (χ1n) is 6.62. The molecule has 0 bridgehead atoms. The third-order valence-corrected chi connectivity index (χ3v) is 3.39. The molecular formula is C14H20N4O2. The maximum absolute atomic E-state index is 12.7. The molecule has 0 radical (unpaired) electrons. The van der Waals surface area contributed by atoms with E-state index >= 15 is 0 Å². The molecule has 0 spiro atoms. The lowest BCUT2D eigenvalue weighted by atomic mass is 9.86. The summed E-state index contributed by atoms with van der Waals surface area (Å²) in [6, 6.07) is 2.32. The van der Waals surface area contributed by atoms with Gasteiger partial charge in [0.1, 0.15) is 6.04 Å². The van der Waals surface area contributed by atoms with Crippen molar-refractivity contribution in [3.05, 3.63) is 24.0 Å². The molecule has 1 aliphatic rings. The number of hydrogen-bond donors (Lipinski definition) is 2. The van der Waals surface area contributed by atoms with Crippen molar-refractivity contribution < 1.29 is 9.59 Å². The molecule has 20 heavy (non-hydrogen) atoms. The van der Waals surface area contributed by atoms with Crippen LogP contribution in [-0.4, -0.2) is 29.5 Å². The van der Waals surface area contributed by atoms with Crippen LogP contribution in [0.15, 0.2) is 18.3 Å². The van der Waals surface area contributed by atoms with Crippen LogP contribution in [0.4, 0.5) is 10.5 Å². The number of urea groups is 1. The highest BCUT2D eigenvalue weighted by atomic mass is 16.2. The zero-order valence-electron chi connectivity index (χ0n) is 12.0. The minimum atomic E-state index is -0.691. The number of nitrogens with two attached hydrogens (primary N) is 1. The number of carbonyl (C=O) groups is 2. The molecule has 3 amide bonds. The summed E-state index contributed by atoms with van der Waals surface area (Å²) in [6.45, 7) is 6.27. The van der Waals surface area contributed by atoms with Crippen molar-refractivity contribution in [3.8, 4) is 0 Å². The smallest absolute Gasteiger partial charge is 0.312 e. The average Bonchev–Trinajstić information content (AvgIpc) is 2.77. The topological polar surface area (TPSA) is 88.3 Å². The van der Waals surface area contributed by atoms with Crippen molar-refractivity contribution in [1.29, 1.82) is 0 Å². The largest absolute Gasteiger partial charge is 0.352 e. The van der Waals surface area contributed by atoms with Gasteiger partial charge in [-0.1, -0.05) is 20.8 Å². The fourth-order valence-corrected chi connectivity index (χ4v) is 2.38. The molecule has 1 atom stereocenters. The number of amides is 3. The lowest BCUT2D eigenvalue weighted by Crippen LogP contribution is -2.55. The molecule has 0 saturated carbocycles. The van der Waals surface area contributed by atoms with Gasteiger partial charge in [0.15, 0.2) is 0 Å². The molecule has 1 aromatic heterocycles. The zero-order chi connectivity index (χ0) is 14.9. The number of pyridine rings is 1. The van der Waals surface area contributed by atoms with E-state index in [0.717, 1.165) is 17.8 Å². The van der Waals surface area contributed by atoms with Gasteiger partial charge in [0, 0.05) is 19.2 Å². The van der Waals surface area contributed by atoms with E-state index in [0.29, 0.717) is 6.54 Å². The molecule has 1 aromatic rings. The summed E-state index contributed by atoms with van der Waals surface area (Å²) >= 11 is 0. The number of rotatable bonds is 2. The molecule has 2 rings (SSSR count). The van der Waals surface area contributed by atoms with Gasteiger partial charge in [-0.3, -0.25) is 9.78 Å². The van der Waals surface area contributed by atoms with Gasteiger partial charge in [-0.2, -0.15) is 0 Å². The first-order valence-corrected chi connectivity index (χ1v) is 6.62. The molecule has 6 heteroatoms. The standard InChI is InChI=1S/C14H20N4O2/c1-14(2,3)11(17-13(15)20)12(19)18-8-6-9-10(18)5-4-7-16-9/h4-5,7,11H,6,8H2,1-3H3,(H3,15,17,20). The Balaban J connectivity index is 2.28. The second kappa shape index (κ2) is 5.11. The fourth-order valence-electron chi connectivity index (χ4n) is 2.38. The lowest BCUT2D eigenvalue weighted by Gasteiger charge is -2.33. The molecule has 6 nitrogen and oxygen atoms in total. The second-order valence-corrected chi connectivity index (χ2v) is 6.02. The van der Waals surface area contributed by atoms with Crippen molar-refractivity contribution >= 4 is 17.6 Å². The highest BCUT2D eigenvalue weighted by molar-refractivity contribution is 6.00. The summed E-state index contributed by atoms with van der Waals surface area (Å²) in [4.78, 5) is 29.8. The quantitative estimate of drug-likeness (QED) is 0.846. The predicted octanol–water partition coefficient (Wildman–Crippen LogP) is 1.05. The molecule has 0 saturated heterocycles. The number of anilines is 1. The molecule has 3 N–H and O–H groups in total. The predicted molar refractivity (Wildman–Crippen MR) is 76.3 cm³/mol. The van der Waals surface area contributed by atoms with Gasteiger partial charge >= 0.3 is 6.03 Å². The van der Waals surface area contributed by atoms with Gasteiger partial charge in [-0.25, -0.2) is 4.79 Å². The van der Waals surface area contributed by atoms with Gasteiger partial charge in [0.25, 0.3) is 0 Å². The summed E-state index contributed by atoms with van der Waals surface area (Å²) in [5.41, 5.74) is 6.50. The molecule has 0 aliphatic carbocycles. The highest BCUT2D eigenvalue weighted by Crippen LogP contribution is 2.29. The number of hydrogen-bond acceptors (Lipinski definition) is 3. The Kier molecular flexibility index (Phi) is 3.65. The fraction of sp³-hybridized carbons (Fsp3) is 0.500. The number of aromatic nitrogens is 1. The minimum absolute atomic E-state index is 0.150. The highest BCUT2D eigenvalue weighted by Gasteiger charge is 2.38. The number of carbonyl (C=O) groups excluding carboxylic acids is 2. The summed E-state index contributed by atoms with van der Waals surface area (Å²) in [5.74, 6) is -0.150. The Morgan fingerprint density at radius 2 is 2.15 bits per heavy atom. The Bertz CT molecular complexity index is 536. The summed E-state index contributed by atoms with van der Waals surface area (Å²) in [5, 5.41) is 2.55. The zero-order valence-corrected chi connectivity index (χ0v) is 12.0. The molecule has 108 valence electrons. The van der Waals surface area contributed by atoms with Crippen LogP contribution in [0.1, 0.15) is 26.5 Å². The maximum atomic E-state index is 12.7. The third-order valence-electron chi connectivity index (χ3n) is 3.39. The molecular weight excluding hydrogens is 256 g/mol. The Morgan fingerprint density at radius 3 is 2.75 bits per heavy atom. The van der Waals surface area contributed by atoms with Crippen LogP contribution in [0.5, 0.6) is 0 Å². The van der Waals surface area contributed by atoms with Crippen LogP contribution in [0.3, 0.4) is 0 Å². The van der Waals surface area contributed by atoms with E-state index in [4.69, 9.17) is 5.73 Å². The van der Waals surface area contributed by atoms with Crippen LogP contribution in [-0.2, 0) is 11.2 Å². The van der Waals surface area contributed by atoms with Gasteiger partial charge in [0.2, 0.25) is 5.91 Å². The van der Waals surface area contributed by atoms with E-state index in [1.54, 1.807) is 17.2 Å². The van der Waals surface area contributed by atoms with E-state index in [1.807, 2.05) is 26.8 Å². The van der Waals surface area contributed by atoms with E-state index in [1.165, 1.54) is 0 Å². The van der Waals surface area contributed by atoms with E-state index in [-0.39, 0.29) is 5.91 Å². The summed E-state index contributed by atoms with van der Waals surface area (Å²) < 4.78 is 0. The normalized spacial score (nSPS) is 15.7. The summed E-state index contributed by atoms with van der Waals surface area (Å²) in [7, 11) is 0. The number of nitrogens with zero attached hydrogens (tertiary/aromatic N) is 2. The molecule has 1 unspecified atom stereocenters. The van der Waals surface area contributed by atoms with Gasteiger partial charge in [0.05, 0.1) is 11.4 Å². The second-order valence-electron chi connectivity index (χ2n) is 6.02. The summed E-state index contributed by atoms with van der Waals surface area (Å²) in [6.07, 6.45) is 2.45. The van der Waals surface area contributed by atoms with Crippen LogP contribution in [0.2, 0.25) is 0 Å².